The van der Waals surface area contributed by atoms with E-state index < -0.39 is 17.7 Å². The Bertz CT molecular complexity index is 1350. The van der Waals surface area contributed by atoms with Gasteiger partial charge in [0.15, 0.2) is 5.58 Å². The fraction of sp³-hybridized carbons (Fsp3) is 0.0417. The molecule has 4 aromatic rings. The maximum absolute atomic E-state index is 14.6. The Kier molecular flexibility index (Phi) is 6.13. The Hall–Kier alpha value is -3.78. The first-order valence-electron chi connectivity index (χ1n) is 9.53. The van der Waals surface area contributed by atoms with Gasteiger partial charge in [-0.05, 0) is 59.7 Å². The molecule has 1 aromatic heterocycles. The molecule has 0 radical (unpaired) electrons. The van der Waals surface area contributed by atoms with Gasteiger partial charge < -0.3 is 14.8 Å². The molecular formula is C24H16BrFN2O4. The summed E-state index contributed by atoms with van der Waals surface area (Å²) in [5.74, 6) is -1.85. The number of amides is 1. The minimum absolute atomic E-state index is 0.0269. The summed E-state index contributed by atoms with van der Waals surface area (Å²) in [6.07, 6.45) is 2.83. The third kappa shape index (κ3) is 5.09. The van der Waals surface area contributed by atoms with E-state index >= 15 is 0 Å². The summed E-state index contributed by atoms with van der Waals surface area (Å²) < 4.78 is 21.2. The lowest BCUT2D eigenvalue weighted by atomic mass is 10.1. The molecule has 0 saturated carbocycles. The highest BCUT2D eigenvalue weighted by Gasteiger charge is 2.13. The van der Waals surface area contributed by atoms with Crippen molar-refractivity contribution in [3.8, 4) is 11.5 Å². The number of nitrogens with one attached hydrogen (secondary N) is 1. The molecule has 0 spiro atoms. The van der Waals surface area contributed by atoms with Gasteiger partial charge in [-0.1, -0.05) is 34.1 Å². The molecule has 0 aliphatic heterocycles. The smallest absolute Gasteiger partial charge is 0.307 e. The van der Waals surface area contributed by atoms with Crippen LogP contribution in [0.15, 0.2) is 75.6 Å². The Labute approximate surface area is 190 Å². The van der Waals surface area contributed by atoms with E-state index in [1.54, 1.807) is 30.3 Å². The number of nitrogens with zero attached hydrogens (tertiary/aromatic N) is 1. The molecule has 160 valence electrons. The number of hydrogen-bond donors (Lipinski definition) is 2. The van der Waals surface area contributed by atoms with E-state index in [1.807, 2.05) is 24.3 Å². The van der Waals surface area contributed by atoms with Crippen molar-refractivity contribution in [3.63, 3.8) is 0 Å². The number of carbonyl (C=O) groups excluding carboxylic acids is 1. The van der Waals surface area contributed by atoms with Crippen LogP contribution >= 0.6 is 15.9 Å². The van der Waals surface area contributed by atoms with Crippen LogP contribution in [0.3, 0.4) is 0 Å². The molecule has 0 aliphatic rings. The molecule has 32 heavy (non-hydrogen) atoms. The normalized spacial score (nSPS) is 11.2. The molecule has 4 rings (SSSR count). The van der Waals surface area contributed by atoms with Crippen molar-refractivity contribution < 1.29 is 23.5 Å². The number of anilines is 1. The standard InChI is InChI=1S/C24H16BrFN2O4/c25-17-6-1-14(2-7-17)4-10-22(29)27-19-8-5-16(13-18(19)26)24-28-20-11-15(12-23(30)31)3-9-21(20)32-24/h1-11,13H,12H2,(H,27,29)(H,30,31)/b10-4+. The van der Waals surface area contributed by atoms with Crippen molar-refractivity contribution in [2.75, 3.05) is 5.32 Å². The lowest BCUT2D eigenvalue weighted by Crippen LogP contribution is -2.09. The molecule has 2 N–H and O–H groups in total. The number of carbonyl (C=O) groups is 2. The molecule has 0 saturated heterocycles. The van der Waals surface area contributed by atoms with Gasteiger partial charge in [0.25, 0.3) is 0 Å². The van der Waals surface area contributed by atoms with Crippen molar-refractivity contribution in [2.45, 2.75) is 6.42 Å². The second-order valence-corrected chi connectivity index (χ2v) is 7.88. The van der Waals surface area contributed by atoms with Crippen LogP contribution in [0, 0.1) is 5.82 Å². The summed E-state index contributed by atoms with van der Waals surface area (Å²) in [6, 6.07) is 16.5. The Morgan fingerprint density at radius 2 is 1.88 bits per heavy atom. The summed E-state index contributed by atoms with van der Waals surface area (Å²) in [5, 5.41) is 11.4. The third-order valence-corrected chi connectivity index (χ3v) is 5.11. The van der Waals surface area contributed by atoms with Crippen LogP contribution in [-0.2, 0) is 16.0 Å². The van der Waals surface area contributed by atoms with E-state index in [0.29, 0.717) is 22.2 Å². The molecule has 8 heteroatoms. The second kappa shape index (κ2) is 9.15. The number of carboxylic acids is 1. The van der Waals surface area contributed by atoms with E-state index in [1.165, 1.54) is 18.2 Å². The Morgan fingerprint density at radius 1 is 1.09 bits per heavy atom. The number of rotatable bonds is 6. The highest BCUT2D eigenvalue weighted by Crippen LogP contribution is 2.28. The van der Waals surface area contributed by atoms with Gasteiger partial charge in [-0.15, -0.1) is 0 Å². The Balaban J connectivity index is 1.49. The van der Waals surface area contributed by atoms with Gasteiger partial charge in [0.05, 0.1) is 12.1 Å². The zero-order chi connectivity index (χ0) is 22.7. The first-order valence-corrected chi connectivity index (χ1v) is 10.3. The Morgan fingerprint density at radius 3 is 2.59 bits per heavy atom. The molecule has 0 unspecified atom stereocenters. The molecule has 0 bridgehead atoms. The summed E-state index contributed by atoms with van der Waals surface area (Å²) in [7, 11) is 0. The lowest BCUT2D eigenvalue weighted by Gasteiger charge is -2.05. The predicted molar refractivity (Wildman–Crippen MR) is 123 cm³/mol. The second-order valence-electron chi connectivity index (χ2n) is 6.96. The first-order chi connectivity index (χ1) is 15.4. The van der Waals surface area contributed by atoms with Crippen LogP contribution in [0.1, 0.15) is 11.1 Å². The quantitative estimate of drug-likeness (QED) is 0.336. The van der Waals surface area contributed by atoms with Crippen LogP contribution < -0.4 is 5.32 Å². The molecule has 1 heterocycles. The maximum atomic E-state index is 14.6. The van der Waals surface area contributed by atoms with E-state index in [9.17, 15) is 14.0 Å². The van der Waals surface area contributed by atoms with Crippen molar-refractivity contribution >= 4 is 50.7 Å². The number of aliphatic carboxylic acids is 1. The number of fused-ring (bicyclic) bond motifs is 1. The molecule has 0 aliphatic carbocycles. The van der Waals surface area contributed by atoms with E-state index in [-0.39, 0.29) is 18.0 Å². The fourth-order valence-electron chi connectivity index (χ4n) is 3.05. The number of oxazole rings is 1. The minimum atomic E-state index is -0.945. The predicted octanol–water partition coefficient (Wildman–Crippen LogP) is 5.68. The molecule has 1 amide bonds. The minimum Gasteiger partial charge on any atom is -0.481 e. The zero-order valence-corrected chi connectivity index (χ0v) is 18.1. The van der Waals surface area contributed by atoms with Gasteiger partial charge in [-0.2, -0.15) is 0 Å². The van der Waals surface area contributed by atoms with E-state index in [0.717, 1.165) is 10.0 Å². The van der Waals surface area contributed by atoms with Gasteiger partial charge in [-0.25, -0.2) is 9.37 Å². The molecule has 3 aromatic carbocycles. The highest BCUT2D eigenvalue weighted by molar-refractivity contribution is 9.10. The molecular weight excluding hydrogens is 479 g/mol. The SMILES string of the molecule is O=C(O)Cc1ccc2oc(-c3ccc(NC(=O)/C=C/c4ccc(Br)cc4)c(F)c3)nc2c1. The lowest BCUT2D eigenvalue weighted by molar-refractivity contribution is -0.136. The van der Waals surface area contributed by atoms with Gasteiger partial charge in [0.1, 0.15) is 11.3 Å². The summed E-state index contributed by atoms with van der Waals surface area (Å²) in [6.45, 7) is 0. The van der Waals surface area contributed by atoms with Gasteiger partial charge in [0, 0.05) is 16.1 Å². The van der Waals surface area contributed by atoms with Crippen LogP contribution in [0.5, 0.6) is 0 Å². The van der Waals surface area contributed by atoms with Crippen LogP contribution in [0.4, 0.5) is 10.1 Å². The molecule has 0 fully saturated rings. The summed E-state index contributed by atoms with van der Waals surface area (Å²) in [5.41, 5.74) is 2.78. The van der Waals surface area contributed by atoms with Crippen molar-refractivity contribution in [3.05, 3.63) is 88.2 Å². The highest BCUT2D eigenvalue weighted by atomic mass is 79.9. The molecule has 0 atom stereocenters. The fourth-order valence-corrected chi connectivity index (χ4v) is 3.32. The number of carboxylic acid groups (broad SMARTS) is 1. The number of hydrogen-bond acceptors (Lipinski definition) is 4. The van der Waals surface area contributed by atoms with Crippen molar-refractivity contribution in [1.82, 2.24) is 4.98 Å². The monoisotopic (exact) mass is 494 g/mol. The van der Waals surface area contributed by atoms with Crippen molar-refractivity contribution in [1.29, 1.82) is 0 Å². The van der Waals surface area contributed by atoms with E-state index in [4.69, 9.17) is 9.52 Å². The summed E-state index contributed by atoms with van der Waals surface area (Å²) >= 11 is 3.34. The number of halogens is 2. The molecule has 6 nitrogen and oxygen atoms in total. The van der Waals surface area contributed by atoms with Gasteiger partial charge >= 0.3 is 5.97 Å². The summed E-state index contributed by atoms with van der Waals surface area (Å²) in [4.78, 5) is 27.3. The van der Waals surface area contributed by atoms with E-state index in [2.05, 4.69) is 26.2 Å². The number of benzene rings is 3. The van der Waals surface area contributed by atoms with Gasteiger partial charge in [-0.3, -0.25) is 9.59 Å². The third-order valence-electron chi connectivity index (χ3n) is 4.58. The first kappa shape index (κ1) is 21.5. The number of aromatic nitrogens is 1. The van der Waals surface area contributed by atoms with Crippen molar-refractivity contribution in [2.24, 2.45) is 0 Å². The largest absolute Gasteiger partial charge is 0.481 e. The topological polar surface area (TPSA) is 92.4 Å². The average Bonchev–Trinajstić information content (AvgIpc) is 3.18. The van der Waals surface area contributed by atoms with Crippen LogP contribution in [0.2, 0.25) is 0 Å². The van der Waals surface area contributed by atoms with Crippen LogP contribution in [-0.4, -0.2) is 22.0 Å². The maximum Gasteiger partial charge on any atom is 0.307 e. The average molecular weight is 495 g/mol. The van der Waals surface area contributed by atoms with Crippen LogP contribution in [0.25, 0.3) is 28.6 Å². The zero-order valence-electron chi connectivity index (χ0n) is 16.5. The van der Waals surface area contributed by atoms with Gasteiger partial charge in [0.2, 0.25) is 11.8 Å².